The molecule has 0 aliphatic heterocycles. The monoisotopic (exact) mass is 253 g/mol. The molecule has 0 spiro atoms. The minimum Gasteiger partial charge on any atom is -0.301 e. The molecule has 0 heterocycles. The smallest absolute Gasteiger partial charge is 0.301 e. The van der Waals surface area contributed by atoms with Crippen LogP contribution in [0.1, 0.15) is 0 Å². The number of nitrogens with zero attached hydrogens (tertiary/aromatic N) is 1. The van der Waals surface area contributed by atoms with Crippen molar-refractivity contribution in [1.82, 2.24) is 4.47 Å². The van der Waals surface area contributed by atoms with Crippen LogP contribution in [-0.2, 0) is 9.19 Å². The van der Waals surface area contributed by atoms with E-state index in [1.54, 1.807) is 0 Å². The fraction of sp³-hybridized carbons (Fsp3) is 0. The van der Waals surface area contributed by atoms with Crippen molar-refractivity contribution in [2.24, 2.45) is 0 Å². The predicted octanol–water partition coefficient (Wildman–Crippen LogP) is 1.02. The topological polar surface area (TPSA) is 70.0 Å². The molecule has 11 heavy (non-hydrogen) atoms. The standard InChI is InChI=1S/CH4NO4PS4/c3-7(4,5)6-2(11-10)1(8)9/h10H,(H,8,9)(H2,3,4,5). The largest absolute Gasteiger partial charge is 0.492 e. The quantitative estimate of drug-likeness (QED) is 0.149. The van der Waals surface area contributed by atoms with Gasteiger partial charge < -0.3 is 9.79 Å². The minimum absolute atomic E-state index is 0.131. The van der Waals surface area contributed by atoms with Crippen LogP contribution in [0.4, 0.5) is 0 Å². The van der Waals surface area contributed by atoms with Crippen molar-refractivity contribution >= 4 is 59.6 Å². The van der Waals surface area contributed by atoms with Gasteiger partial charge in [-0.1, -0.05) is 11.7 Å². The highest BCUT2D eigenvalue weighted by Gasteiger charge is 2.21. The van der Waals surface area contributed by atoms with Crippen LogP contribution in [-0.4, -0.2) is 18.6 Å². The van der Waals surface area contributed by atoms with Crippen molar-refractivity contribution in [3.05, 3.63) is 0 Å². The van der Waals surface area contributed by atoms with Gasteiger partial charge in [0, 0.05) is 11.0 Å². The second-order valence-corrected chi connectivity index (χ2v) is 4.44. The third kappa shape index (κ3) is 6.23. The third-order valence-corrected chi connectivity index (χ3v) is 2.35. The molecule has 0 aromatic heterocycles. The van der Waals surface area contributed by atoms with Crippen LogP contribution in [0, 0.1) is 0 Å². The fourth-order valence-corrected chi connectivity index (χ4v) is 2.21. The van der Waals surface area contributed by atoms with E-state index in [1.165, 1.54) is 0 Å². The molecule has 0 rings (SSSR count). The maximum Gasteiger partial charge on any atom is 0.492 e. The van der Waals surface area contributed by atoms with E-state index in [4.69, 9.17) is 9.79 Å². The number of phosphoric acid groups is 1. The molecule has 5 nitrogen and oxygen atoms in total. The summed E-state index contributed by atoms with van der Waals surface area (Å²) in [6, 6.07) is 0. The number of rotatable bonds is 3. The van der Waals surface area contributed by atoms with Crippen molar-refractivity contribution in [2.75, 3.05) is 0 Å². The lowest BCUT2D eigenvalue weighted by Crippen LogP contribution is -2.15. The molecule has 0 amide bonds. The normalized spacial score (nSPS) is 11.3. The summed E-state index contributed by atoms with van der Waals surface area (Å²) in [6.07, 6.45) is 0. The second kappa shape index (κ2) is 4.93. The lowest BCUT2D eigenvalue weighted by atomic mass is 11.5. The molecule has 10 heteroatoms. The van der Waals surface area contributed by atoms with Crippen LogP contribution in [0.3, 0.4) is 0 Å². The third-order valence-electron chi connectivity index (χ3n) is 0.411. The first-order valence-corrected chi connectivity index (χ1v) is 6.18. The van der Waals surface area contributed by atoms with E-state index in [1.807, 2.05) is 0 Å². The van der Waals surface area contributed by atoms with Gasteiger partial charge in [0.15, 0.2) is 4.32 Å². The highest BCUT2D eigenvalue weighted by molar-refractivity contribution is 8.67. The Morgan fingerprint density at radius 2 is 2.18 bits per heavy atom. The molecular formula is CH4NO4PS4. The molecular weight excluding hydrogens is 249 g/mol. The van der Waals surface area contributed by atoms with Crippen LogP contribution in [0.5, 0.6) is 0 Å². The molecule has 0 aromatic rings. The van der Waals surface area contributed by atoms with Gasteiger partial charge in [-0.25, -0.2) is 4.57 Å². The maximum absolute atomic E-state index is 10.2. The maximum atomic E-state index is 10.2. The number of thiocarbonyl (C=S) groups is 1. The van der Waals surface area contributed by atoms with Crippen LogP contribution in [0.2, 0.25) is 0 Å². The SMILES string of the molecule is O=P(O)(O)ON(SS)C(=S)S. The van der Waals surface area contributed by atoms with Crippen LogP contribution in [0.15, 0.2) is 0 Å². The van der Waals surface area contributed by atoms with E-state index >= 15 is 0 Å². The molecule has 0 saturated carbocycles. The van der Waals surface area contributed by atoms with Gasteiger partial charge in [0.2, 0.25) is 0 Å². The zero-order valence-corrected chi connectivity index (χ0v) is 9.13. The van der Waals surface area contributed by atoms with E-state index in [0.717, 1.165) is 0 Å². The molecule has 0 unspecified atom stereocenters. The van der Waals surface area contributed by atoms with Crippen LogP contribution >= 0.6 is 55.3 Å². The Hall–Kier alpha value is 1.05. The zero-order chi connectivity index (χ0) is 9.07. The number of hydrogen-bond donors (Lipinski definition) is 4. The highest BCUT2D eigenvalue weighted by Crippen LogP contribution is 2.40. The molecule has 66 valence electrons. The summed E-state index contributed by atoms with van der Waals surface area (Å²) in [6.45, 7) is 0. The summed E-state index contributed by atoms with van der Waals surface area (Å²) < 4.78 is 14.7. The zero-order valence-electron chi connectivity index (χ0n) is 4.82. The van der Waals surface area contributed by atoms with Gasteiger partial charge in [0.1, 0.15) is 0 Å². The summed E-state index contributed by atoms with van der Waals surface area (Å²) in [5.41, 5.74) is 0. The fourth-order valence-electron chi connectivity index (χ4n) is 0.181. The lowest BCUT2D eigenvalue weighted by Gasteiger charge is -2.16. The van der Waals surface area contributed by atoms with Gasteiger partial charge in [-0.05, 0) is 12.2 Å². The Labute approximate surface area is 83.0 Å². The molecule has 0 fully saturated rings. The summed E-state index contributed by atoms with van der Waals surface area (Å²) in [5.74, 6) is 0. The molecule has 0 aromatic carbocycles. The van der Waals surface area contributed by atoms with Gasteiger partial charge in [-0.15, -0.1) is 12.6 Å². The van der Waals surface area contributed by atoms with Crippen molar-refractivity contribution in [2.45, 2.75) is 0 Å². The molecule has 0 aliphatic rings. The Balaban J connectivity index is 4.10. The lowest BCUT2D eigenvalue weighted by molar-refractivity contribution is 0.0795. The Kier molecular flexibility index (Phi) is 5.40. The highest BCUT2D eigenvalue weighted by atomic mass is 33.1. The second-order valence-electron chi connectivity index (χ2n) is 1.19. The van der Waals surface area contributed by atoms with E-state index in [9.17, 15) is 4.57 Å². The van der Waals surface area contributed by atoms with Crippen molar-refractivity contribution in [3.8, 4) is 0 Å². The average Bonchev–Trinajstić information content (AvgIpc) is 1.80. The summed E-state index contributed by atoms with van der Waals surface area (Å²) in [4.78, 5) is 16.5. The van der Waals surface area contributed by atoms with Crippen molar-refractivity contribution in [1.29, 1.82) is 0 Å². The van der Waals surface area contributed by atoms with E-state index in [0.29, 0.717) is 15.4 Å². The van der Waals surface area contributed by atoms with Gasteiger partial charge in [0.25, 0.3) is 0 Å². The summed E-state index contributed by atoms with van der Waals surface area (Å²) >= 11 is 11.6. The van der Waals surface area contributed by atoms with Crippen molar-refractivity contribution < 1.29 is 19.0 Å². The molecule has 0 radical (unpaired) electrons. The van der Waals surface area contributed by atoms with Gasteiger partial charge >= 0.3 is 7.82 Å². The Bertz CT molecular complexity index is 191. The van der Waals surface area contributed by atoms with Crippen LogP contribution < -0.4 is 0 Å². The summed E-state index contributed by atoms with van der Waals surface area (Å²) in [7, 11) is -3.97. The summed E-state index contributed by atoms with van der Waals surface area (Å²) in [5, 5.41) is 0. The molecule has 0 aliphatic carbocycles. The molecule has 0 bridgehead atoms. The molecule has 2 N–H and O–H groups in total. The van der Waals surface area contributed by atoms with Crippen molar-refractivity contribution in [3.63, 3.8) is 0 Å². The molecule has 0 saturated heterocycles. The van der Waals surface area contributed by atoms with E-state index in [-0.39, 0.29) is 4.32 Å². The van der Waals surface area contributed by atoms with E-state index in [2.05, 4.69) is 41.1 Å². The first-order chi connectivity index (χ1) is 4.87. The van der Waals surface area contributed by atoms with Gasteiger partial charge in [-0.3, -0.25) is 0 Å². The number of hydrogen-bond acceptors (Lipinski definition) is 5. The number of thiol groups is 2. The van der Waals surface area contributed by atoms with Gasteiger partial charge in [-0.2, -0.15) is 9.09 Å². The number of hydroxylamine groups is 1. The Morgan fingerprint density at radius 1 is 1.73 bits per heavy atom. The van der Waals surface area contributed by atoms with Crippen LogP contribution in [0.25, 0.3) is 0 Å². The van der Waals surface area contributed by atoms with E-state index < -0.39 is 7.82 Å². The first-order valence-electron chi connectivity index (χ1n) is 1.96. The predicted molar refractivity (Wildman–Crippen MR) is 53.1 cm³/mol. The minimum atomic E-state index is -4.57. The van der Waals surface area contributed by atoms with Gasteiger partial charge in [0.05, 0.1) is 0 Å². The Morgan fingerprint density at radius 3 is 2.27 bits per heavy atom. The first kappa shape index (κ1) is 12.0. The molecule has 0 atom stereocenters. The average molecular weight is 253 g/mol.